The van der Waals surface area contributed by atoms with Crippen molar-refractivity contribution >= 4 is 17.4 Å². The van der Waals surface area contributed by atoms with Crippen LogP contribution in [0.15, 0.2) is 48.5 Å². The summed E-state index contributed by atoms with van der Waals surface area (Å²) in [6.45, 7) is 2.24. The number of benzene rings is 2. The first-order valence-corrected chi connectivity index (χ1v) is 8.97. The summed E-state index contributed by atoms with van der Waals surface area (Å²) in [4.78, 5) is 12.4. The number of halogens is 1. The lowest BCUT2D eigenvalue weighted by Gasteiger charge is -2.05. The molecule has 0 radical (unpaired) electrons. The lowest BCUT2D eigenvalue weighted by Crippen LogP contribution is -2.01. The smallest absolute Gasteiger partial charge is 0.193 e. The molecule has 2 heteroatoms. The number of aryl methyl sites for hydroxylation is 1. The van der Waals surface area contributed by atoms with Gasteiger partial charge in [-0.15, -0.1) is 0 Å². The summed E-state index contributed by atoms with van der Waals surface area (Å²) in [6.07, 6.45) is 8.94. The first kappa shape index (κ1) is 17.7. The van der Waals surface area contributed by atoms with E-state index in [0.29, 0.717) is 10.6 Å². The molecule has 0 spiro atoms. The van der Waals surface area contributed by atoms with Crippen molar-refractivity contribution in [2.75, 3.05) is 0 Å². The number of ketones is 1. The molecule has 122 valence electrons. The van der Waals surface area contributed by atoms with Crippen LogP contribution < -0.4 is 0 Å². The molecular formula is C21H25ClO. The molecule has 0 atom stereocenters. The van der Waals surface area contributed by atoms with Crippen LogP contribution in [-0.4, -0.2) is 5.78 Å². The third-order valence-electron chi connectivity index (χ3n) is 4.12. The number of carbonyl (C=O) groups excluding carboxylic acids is 1. The monoisotopic (exact) mass is 328 g/mol. The second-order valence-corrected chi connectivity index (χ2v) is 6.49. The van der Waals surface area contributed by atoms with Crippen LogP contribution in [0.25, 0.3) is 0 Å². The van der Waals surface area contributed by atoms with E-state index in [-0.39, 0.29) is 5.78 Å². The van der Waals surface area contributed by atoms with Crippen molar-refractivity contribution in [3.8, 4) is 0 Å². The van der Waals surface area contributed by atoms with Gasteiger partial charge >= 0.3 is 0 Å². The molecule has 0 unspecified atom stereocenters. The van der Waals surface area contributed by atoms with Gasteiger partial charge in [0.15, 0.2) is 5.78 Å². The van der Waals surface area contributed by atoms with E-state index in [1.807, 2.05) is 18.2 Å². The zero-order chi connectivity index (χ0) is 16.5. The average Bonchev–Trinajstić information content (AvgIpc) is 2.58. The Kier molecular flexibility index (Phi) is 7.35. The van der Waals surface area contributed by atoms with Crippen molar-refractivity contribution in [1.82, 2.24) is 0 Å². The van der Waals surface area contributed by atoms with Crippen LogP contribution in [-0.2, 0) is 6.42 Å². The Hall–Kier alpha value is -1.60. The molecular weight excluding hydrogens is 304 g/mol. The van der Waals surface area contributed by atoms with Crippen molar-refractivity contribution in [3.63, 3.8) is 0 Å². The molecule has 0 heterocycles. The molecule has 0 amide bonds. The molecule has 2 aromatic carbocycles. The van der Waals surface area contributed by atoms with Crippen LogP contribution in [0.5, 0.6) is 0 Å². The average molecular weight is 329 g/mol. The van der Waals surface area contributed by atoms with Crippen molar-refractivity contribution in [2.24, 2.45) is 0 Å². The minimum absolute atomic E-state index is 0.0265. The topological polar surface area (TPSA) is 17.1 Å². The minimum atomic E-state index is 0.0265. The van der Waals surface area contributed by atoms with Gasteiger partial charge < -0.3 is 0 Å². The molecule has 0 bridgehead atoms. The Morgan fingerprint density at radius 1 is 0.870 bits per heavy atom. The fourth-order valence-corrected chi connectivity index (χ4v) is 2.92. The first-order valence-electron chi connectivity index (χ1n) is 8.60. The van der Waals surface area contributed by atoms with E-state index >= 15 is 0 Å². The fourth-order valence-electron chi connectivity index (χ4n) is 2.73. The molecule has 0 saturated carbocycles. The summed E-state index contributed by atoms with van der Waals surface area (Å²) in [5.41, 5.74) is 2.67. The Bertz CT molecular complexity index is 616. The highest BCUT2D eigenvalue weighted by molar-refractivity contribution is 6.31. The molecule has 0 fully saturated rings. The highest BCUT2D eigenvalue weighted by Gasteiger charge is 2.09. The van der Waals surface area contributed by atoms with E-state index in [2.05, 4.69) is 19.1 Å². The first-order chi connectivity index (χ1) is 11.2. The third-order valence-corrected chi connectivity index (χ3v) is 4.36. The van der Waals surface area contributed by atoms with Crippen LogP contribution in [0.3, 0.4) is 0 Å². The van der Waals surface area contributed by atoms with Gasteiger partial charge in [0, 0.05) is 16.1 Å². The summed E-state index contributed by atoms with van der Waals surface area (Å²) in [5.74, 6) is 0.0265. The molecule has 2 aromatic rings. The summed E-state index contributed by atoms with van der Waals surface area (Å²) in [5, 5.41) is 0.593. The van der Waals surface area contributed by atoms with Gasteiger partial charge in [0.2, 0.25) is 0 Å². The van der Waals surface area contributed by atoms with Gasteiger partial charge in [0.05, 0.1) is 0 Å². The van der Waals surface area contributed by atoms with Crippen LogP contribution in [0.2, 0.25) is 5.02 Å². The molecule has 23 heavy (non-hydrogen) atoms. The summed E-state index contributed by atoms with van der Waals surface area (Å²) in [6, 6.07) is 15.1. The minimum Gasteiger partial charge on any atom is -0.289 e. The van der Waals surface area contributed by atoms with Crippen LogP contribution in [0, 0.1) is 0 Å². The Balaban J connectivity index is 1.85. The maximum absolute atomic E-state index is 12.4. The second-order valence-electron chi connectivity index (χ2n) is 6.05. The molecule has 0 aliphatic heterocycles. The normalized spacial score (nSPS) is 10.7. The molecule has 0 saturated heterocycles. The van der Waals surface area contributed by atoms with E-state index in [1.54, 1.807) is 18.2 Å². The predicted molar refractivity (Wildman–Crippen MR) is 98.4 cm³/mol. The Morgan fingerprint density at radius 3 is 2.26 bits per heavy atom. The van der Waals surface area contributed by atoms with Crippen LogP contribution in [0.1, 0.15) is 66.9 Å². The summed E-state index contributed by atoms with van der Waals surface area (Å²) in [7, 11) is 0. The predicted octanol–water partition coefficient (Wildman–Crippen LogP) is 6.47. The number of unbranched alkanes of at least 4 members (excludes halogenated alkanes) is 5. The third kappa shape index (κ3) is 5.84. The Labute approximate surface area is 144 Å². The maximum Gasteiger partial charge on any atom is 0.193 e. The highest BCUT2D eigenvalue weighted by Crippen LogP contribution is 2.16. The van der Waals surface area contributed by atoms with E-state index in [0.717, 1.165) is 12.0 Å². The summed E-state index contributed by atoms with van der Waals surface area (Å²) >= 11 is 5.95. The number of hydrogen-bond acceptors (Lipinski definition) is 1. The van der Waals surface area contributed by atoms with Crippen LogP contribution in [0.4, 0.5) is 0 Å². The van der Waals surface area contributed by atoms with Crippen molar-refractivity contribution < 1.29 is 4.79 Å². The number of rotatable bonds is 9. The quantitative estimate of drug-likeness (QED) is 0.380. The standard InChI is InChI=1S/C21H25ClO/c1-2-3-4-5-6-7-9-17-12-14-18(15-13-17)21(23)19-10-8-11-20(22)16-19/h8,10-16H,2-7,9H2,1H3. The maximum atomic E-state index is 12.4. The van der Waals surface area contributed by atoms with Gasteiger partial charge in [-0.25, -0.2) is 0 Å². The molecule has 0 aliphatic rings. The lowest BCUT2D eigenvalue weighted by atomic mass is 10.00. The molecule has 1 nitrogen and oxygen atoms in total. The van der Waals surface area contributed by atoms with Gasteiger partial charge in [0.25, 0.3) is 0 Å². The van der Waals surface area contributed by atoms with Gasteiger partial charge in [-0.1, -0.05) is 87.0 Å². The number of hydrogen-bond donors (Lipinski definition) is 0. The number of carbonyl (C=O) groups is 1. The lowest BCUT2D eigenvalue weighted by molar-refractivity contribution is 0.103. The van der Waals surface area contributed by atoms with Gasteiger partial charge in [-0.3, -0.25) is 4.79 Å². The van der Waals surface area contributed by atoms with Crippen molar-refractivity contribution in [2.45, 2.75) is 51.9 Å². The van der Waals surface area contributed by atoms with Crippen molar-refractivity contribution in [1.29, 1.82) is 0 Å². The van der Waals surface area contributed by atoms with E-state index in [9.17, 15) is 4.79 Å². The largest absolute Gasteiger partial charge is 0.289 e. The van der Waals surface area contributed by atoms with Crippen molar-refractivity contribution in [3.05, 3.63) is 70.2 Å². The summed E-state index contributed by atoms with van der Waals surface area (Å²) < 4.78 is 0. The van der Waals surface area contributed by atoms with Crippen LogP contribution >= 0.6 is 11.6 Å². The zero-order valence-corrected chi connectivity index (χ0v) is 14.6. The van der Waals surface area contributed by atoms with Gasteiger partial charge in [0.1, 0.15) is 0 Å². The fraction of sp³-hybridized carbons (Fsp3) is 0.381. The highest BCUT2D eigenvalue weighted by atomic mass is 35.5. The van der Waals surface area contributed by atoms with Gasteiger partial charge in [-0.05, 0) is 30.5 Å². The Morgan fingerprint density at radius 2 is 1.57 bits per heavy atom. The van der Waals surface area contributed by atoms with E-state index in [1.165, 1.54) is 44.1 Å². The second kappa shape index (κ2) is 9.52. The molecule has 2 rings (SSSR count). The van der Waals surface area contributed by atoms with E-state index < -0.39 is 0 Å². The molecule has 0 N–H and O–H groups in total. The molecule has 0 aliphatic carbocycles. The molecule has 0 aromatic heterocycles. The zero-order valence-electron chi connectivity index (χ0n) is 13.9. The van der Waals surface area contributed by atoms with Gasteiger partial charge in [-0.2, -0.15) is 0 Å². The SMILES string of the molecule is CCCCCCCCc1ccc(C(=O)c2cccc(Cl)c2)cc1. The van der Waals surface area contributed by atoms with E-state index in [4.69, 9.17) is 11.6 Å².